The lowest BCUT2D eigenvalue weighted by molar-refractivity contribution is 0.00525. The Labute approximate surface area is 101 Å². The minimum atomic E-state index is -0.600. The molecule has 0 aliphatic heterocycles. The maximum atomic E-state index is 5.49. The average Bonchev–Trinajstić information content (AvgIpc) is 2.98. The predicted molar refractivity (Wildman–Crippen MR) is 65.8 cm³/mol. The summed E-state index contributed by atoms with van der Waals surface area (Å²) >= 11 is 1.66. The molecule has 2 rings (SSSR count). The zero-order valence-electron chi connectivity index (χ0n) is 9.85. The number of methoxy groups -OCH3 is 1. The number of hydrogen-bond donors (Lipinski definition) is 0. The van der Waals surface area contributed by atoms with Crippen molar-refractivity contribution >= 4 is 11.3 Å². The highest BCUT2D eigenvalue weighted by molar-refractivity contribution is 7.10. The van der Waals surface area contributed by atoms with Gasteiger partial charge in [0, 0.05) is 7.11 Å². The number of nitrogens with zero attached hydrogens (tertiary/aromatic N) is 2. The first-order chi connectivity index (χ1) is 7.74. The number of azo groups is 1. The van der Waals surface area contributed by atoms with Crippen LogP contribution in [-0.4, -0.2) is 13.2 Å². The van der Waals surface area contributed by atoms with Crippen molar-refractivity contribution in [3.05, 3.63) is 22.4 Å². The number of thiophene rings is 1. The highest BCUT2D eigenvalue weighted by atomic mass is 32.1. The molecule has 1 aromatic heterocycles. The minimum Gasteiger partial charge on any atom is -0.351 e. The van der Waals surface area contributed by atoms with E-state index in [1.165, 1.54) is 25.7 Å². The van der Waals surface area contributed by atoms with Crippen molar-refractivity contribution in [2.45, 2.75) is 44.4 Å². The van der Waals surface area contributed by atoms with Gasteiger partial charge in [0.25, 0.3) is 0 Å². The van der Waals surface area contributed by atoms with E-state index >= 15 is 0 Å². The van der Waals surface area contributed by atoms with E-state index in [1.54, 1.807) is 18.4 Å². The van der Waals surface area contributed by atoms with Crippen LogP contribution in [0.15, 0.2) is 27.7 Å². The van der Waals surface area contributed by atoms with Crippen LogP contribution in [0.3, 0.4) is 0 Å². The Balaban J connectivity index is 2.09. The summed E-state index contributed by atoms with van der Waals surface area (Å²) in [4.78, 5) is 1.11. The van der Waals surface area contributed by atoms with Gasteiger partial charge < -0.3 is 4.74 Å². The fourth-order valence-electron chi connectivity index (χ4n) is 1.94. The average molecular weight is 238 g/mol. The van der Waals surface area contributed by atoms with Crippen LogP contribution in [0, 0.1) is 0 Å². The van der Waals surface area contributed by atoms with E-state index in [0.29, 0.717) is 6.04 Å². The minimum absolute atomic E-state index is 0.412. The van der Waals surface area contributed by atoms with Gasteiger partial charge in [-0.15, -0.1) is 11.3 Å². The molecule has 3 nitrogen and oxygen atoms in total. The Kier molecular flexibility index (Phi) is 3.71. The van der Waals surface area contributed by atoms with Crippen molar-refractivity contribution in [2.24, 2.45) is 10.2 Å². The number of rotatable bonds is 4. The summed E-state index contributed by atoms with van der Waals surface area (Å²) in [6, 6.07) is 4.47. The third-order valence-corrected chi connectivity index (χ3v) is 4.17. The SMILES string of the molecule is COC(C)(/N=N/C1CCCC1)c1cccs1. The third kappa shape index (κ3) is 2.50. The highest BCUT2D eigenvalue weighted by Gasteiger charge is 2.27. The molecule has 1 unspecified atom stereocenters. The molecule has 0 bridgehead atoms. The molecule has 0 radical (unpaired) electrons. The second-order valence-electron chi connectivity index (χ2n) is 4.32. The smallest absolute Gasteiger partial charge is 0.210 e. The lowest BCUT2D eigenvalue weighted by Gasteiger charge is -2.21. The maximum Gasteiger partial charge on any atom is 0.210 e. The van der Waals surface area contributed by atoms with Gasteiger partial charge >= 0.3 is 0 Å². The zero-order valence-corrected chi connectivity index (χ0v) is 10.7. The highest BCUT2D eigenvalue weighted by Crippen LogP contribution is 2.31. The molecular weight excluding hydrogens is 220 g/mol. The monoisotopic (exact) mass is 238 g/mol. The summed E-state index contributed by atoms with van der Waals surface area (Å²) in [6.45, 7) is 1.97. The van der Waals surface area contributed by atoms with Crippen LogP contribution in [0.1, 0.15) is 37.5 Å². The van der Waals surface area contributed by atoms with Crippen molar-refractivity contribution in [3.8, 4) is 0 Å². The van der Waals surface area contributed by atoms with Crippen LogP contribution in [0.5, 0.6) is 0 Å². The van der Waals surface area contributed by atoms with E-state index in [-0.39, 0.29) is 0 Å². The molecule has 1 heterocycles. The second kappa shape index (κ2) is 5.06. The zero-order chi connectivity index (χ0) is 11.4. The van der Waals surface area contributed by atoms with Gasteiger partial charge in [0.1, 0.15) is 0 Å². The second-order valence-corrected chi connectivity index (χ2v) is 5.27. The summed E-state index contributed by atoms with van der Waals surface area (Å²) in [5, 5.41) is 10.9. The fraction of sp³-hybridized carbons (Fsp3) is 0.667. The maximum absolute atomic E-state index is 5.49. The molecule has 1 fully saturated rings. The topological polar surface area (TPSA) is 34.0 Å². The van der Waals surface area contributed by atoms with Crippen LogP contribution in [0.2, 0.25) is 0 Å². The summed E-state index contributed by atoms with van der Waals surface area (Å²) in [5.41, 5.74) is -0.600. The molecular formula is C12H18N2OS. The van der Waals surface area contributed by atoms with Crippen LogP contribution in [0.4, 0.5) is 0 Å². The molecule has 0 N–H and O–H groups in total. The molecule has 1 aromatic rings. The molecule has 1 aliphatic carbocycles. The fourth-order valence-corrected chi connectivity index (χ4v) is 2.75. The molecule has 88 valence electrons. The lowest BCUT2D eigenvalue weighted by Crippen LogP contribution is -2.20. The van der Waals surface area contributed by atoms with Gasteiger partial charge in [0.15, 0.2) is 0 Å². The molecule has 0 spiro atoms. The first-order valence-corrected chi connectivity index (χ1v) is 6.64. The molecule has 0 aromatic carbocycles. The molecule has 4 heteroatoms. The molecule has 0 saturated heterocycles. The Morgan fingerprint density at radius 1 is 1.44 bits per heavy atom. The molecule has 1 saturated carbocycles. The Morgan fingerprint density at radius 2 is 2.19 bits per heavy atom. The van der Waals surface area contributed by atoms with Crippen molar-refractivity contribution in [1.29, 1.82) is 0 Å². The van der Waals surface area contributed by atoms with Crippen LogP contribution in [0.25, 0.3) is 0 Å². The Hall–Kier alpha value is -0.740. The van der Waals surface area contributed by atoms with E-state index in [4.69, 9.17) is 4.74 Å². The largest absolute Gasteiger partial charge is 0.351 e. The normalized spacial score (nSPS) is 21.6. The van der Waals surface area contributed by atoms with Gasteiger partial charge in [0.2, 0.25) is 5.72 Å². The van der Waals surface area contributed by atoms with Crippen molar-refractivity contribution in [2.75, 3.05) is 7.11 Å². The first-order valence-electron chi connectivity index (χ1n) is 5.76. The van der Waals surface area contributed by atoms with E-state index in [2.05, 4.69) is 10.2 Å². The van der Waals surface area contributed by atoms with Crippen molar-refractivity contribution in [3.63, 3.8) is 0 Å². The van der Waals surface area contributed by atoms with Gasteiger partial charge in [0.05, 0.1) is 10.9 Å². The Morgan fingerprint density at radius 3 is 2.75 bits per heavy atom. The van der Waals surface area contributed by atoms with Crippen LogP contribution < -0.4 is 0 Å². The van der Waals surface area contributed by atoms with Gasteiger partial charge in [-0.05, 0) is 31.2 Å². The Bertz CT molecular complexity index is 344. The molecule has 1 aliphatic rings. The summed E-state index contributed by atoms with van der Waals surface area (Å²) < 4.78 is 5.49. The van der Waals surface area contributed by atoms with Gasteiger partial charge in [-0.1, -0.05) is 18.9 Å². The number of hydrogen-bond acceptors (Lipinski definition) is 4. The van der Waals surface area contributed by atoms with Gasteiger partial charge in [-0.3, -0.25) is 0 Å². The van der Waals surface area contributed by atoms with E-state index < -0.39 is 5.72 Å². The van der Waals surface area contributed by atoms with Crippen molar-refractivity contribution in [1.82, 2.24) is 0 Å². The lowest BCUT2D eigenvalue weighted by atomic mass is 10.2. The van der Waals surface area contributed by atoms with Gasteiger partial charge in [-0.2, -0.15) is 10.2 Å². The van der Waals surface area contributed by atoms with E-state index in [0.717, 1.165) is 4.88 Å². The van der Waals surface area contributed by atoms with E-state index in [1.807, 2.05) is 24.4 Å². The summed E-state index contributed by atoms with van der Waals surface area (Å²) in [6.07, 6.45) is 4.92. The van der Waals surface area contributed by atoms with Gasteiger partial charge in [-0.25, -0.2) is 0 Å². The number of ether oxygens (including phenoxy) is 1. The van der Waals surface area contributed by atoms with Crippen LogP contribution >= 0.6 is 11.3 Å². The first kappa shape index (κ1) is 11.7. The molecule has 16 heavy (non-hydrogen) atoms. The van der Waals surface area contributed by atoms with E-state index in [9.17, 15) is 0 Å². The molecule has 0 amide bonds. The quantitative estimate of drug-likeness (QED) is 0.731. The summed E-state index contributed by atoms with van der Waals surface area (Å²) in [7, 11) is 1.69. The van der Waals surface area contributed by atoms with Crippen LogP contribution in [-0.2, 0) is 10.5 Å². The third-order valence-electron chi connectivity index (χ3n) is 3.11. The predicted octanol–water partition coefficient (Wildman–Crippen LogP) is 3.96. The standard InChI is InChI=1S/C12H18N2OS/c1-12(15-2,11-8-5-9-16-11)14-13-10-6-3-4-7-10/h5,8-10H,3-4,6-7H2,1-2H3/b14-13+. The summed E-state index contributed by atoms with van der Waals surface area (Å²) in [5.74, 6) is 0. The van der Waals surface area contributed by atoms with Crippen molar-refractivity contribution < 1.29 is 4.74 Å². The molecule has 1 atom stereocenters.